The Balaban J connectivity index is 1.45. The predicted molar refractivity (Wildman–Crippen MR) is 119 cm³/mol. The Morgan fingerprint density at radius 2 is 2.00 bits per heavy atom. The Kier molecular flexibility index (Phi) is 5.86. The standard InChI is InChI=1S/C22H19ClN4O4S/c1-22(14-4-2-3-13(9-14)19(24)28)20(29)27(21(30)26-22)10-16-12-32-18(25-16)11-31-17-7-5-15(23)6-8-17/h2-9,12H,10-11H2,1H3,(H2,24,28)(H,26,30). The molecule has 1 aliphatic heterocycles. The van der Waals surface area contributed by atoms with Gasteiger partial charge in [-0.15, -0.1) is 11.3 Å². The second-order valence-corrected chi connectivity index (χ2v) is 8.75. The van der Waals surface area contributed by atoms with Gasteiger partial charge >= 0.3 is 6.03 Å². The van der Waals surface area contributed by atoms with Crippen molar-refractivity contribution in [3.8, 4) is 5.75 Å². The van der Waals surface area contributed by atoms with Gasteiger partial charge in [0.15, 0.2) is 0 Å². The number of urea groups is 1. The van der Waals surface area contributed by atoms with Gasteiger partial charge in [0.1, 0.15) is 22.9 Å². The van der Waals surface area contributed by atoms with E-state index in [0.29, 0.717) is 27.0 Å². The molecule has 0 bridgehead atoms. The molecule has 1 saturated heterocycles. The normalized spacial score (nSPS) is 18.0. The summed E-state index contributed by atoms with van der Waals surface area (Å²) < 4.78 is 5.69. The average molecular weight is 471 g/mol. The Hall–Kier alpha value is -3.43. The summed E-state index contributed by atoms with van der Waals surface area (Å²) in [4.78, 5) is 42.8. The summed E-state index contributed by atoms with van der Waals surface area (Å²) in [6.45, 7) is 1.87. The van der Waals surface area contributed by atoms with Crippen LogP contribution in [0, 0.1) is 0 Å². The number of thiazole rings is 1. The summed E-state index contributed by atoms with van der Waals surface area (Å²) in [5.74, 6) is -0.384. The zero-order chi connectivity index (χ0) is 22.9. The van der Waals surface area contributed by atoms with Crippen LogP contribution in [-0.2, 0) is 23.5 Å². The van der Waals surface area contributed by atoms with Crippen molar-refractivity contribution in [1.82, 2.24) is 15.2 Å². The van der Waals surface area contributed by atoms with E-state index in [4.69, 9.17) is 22.1 Å². The third-order valence-electron chi connectivity index (χ3n) is 5.09. The lowest BCUT2D eigenvalue weighted by atomic mass is 9.90. The highest BCUT2D eigenvalue weighted by Gasteiger charge is 2.49. The minimum absolute atomic E-state index is 0.0210. The second-order valence-electron chi connectivity index (χ2n) is 7.37. The van der Waals surface area contributed by atoms with E-state index >= 15 is 0 Å². The smallest absolute Gasteiger partial charge is 0.325 e. The molecule has 1 aromatic heterocycles. The van der Waals surface area contributed by atoms with Gasteiger partial charge in [0.05, 0.1) is 12.2 Å². The number of halogens is 1. The van der Waals surface area contributed by atoms with E-state index in [9.17, 15) is 14.4 Å². The lowest BCUT2D eigenvalue weighted by Crippen LogP contribution is -2.41. The Bertz CT molecular complexity index is 1200. The molecule has 3 N–H and O–H groups in total. The van der Waals surface area contributed by atoms with Gasteiger partial charge in [-0.2, -0.15) is 0 Å². The predicted octanol–water partition coefficient (Wildman–Crippen LogP) is 3.44. The summed E-state index contributed by atoms with van der Waals surface area (Å²) in [5, 5.41) is 5.83. The molecule has 1 fully saturated rings. The number of primary amides is 1. The van der Waals surface area contributed by atoms with Crippen LogP contribution in [0.4, 0.5) is 4.79 Å². The molecule has 1 unspecified atom stereocenters. The number of rotatable bonds is 7. The summed E-state index contributed by atoms with van der Waals surface area (Å²) in [7, 11) is 0. The van der Waals surface area contributed by atoms with E-state index in [0.717, 1.165) is 4.90 Å². The molecule has 1 aliphatic rings. The van der Waals surface area contributed by atoms with Gasteiger partial charge < -0.3 is 15.8 Å². The number of hydrogen-bond acceptors (Lipinski definition) is 6. The molecule has 0 aliphatic carbocycles. The first kappa shape index (κ1) is 21.8. The lowest BCUT2D eigenvalue weighted by molar-refractivity contribution is -0.131. The van der Waals surface area contributed by atoms with Crippen LogP contribution in [0.3, 0.4) is 0 Å². The zero-order valence-corrected chi connectivity index (χ0v) is 18.6. The third-order valence-corrected chi connectivity index (χ3v) is 6.22. The molecular formula is C22H19ClN4O4S. The van der Waals surface area contributed by atoms with Crippen LogP contribution in [0.1, 0.15) is 33.5 Å². The molecule has 0 radical (unpaired) electrons. The highest BCUT2D eigenvalue weighted by Crippen LogP contribution is 2.30. The minimum Gasteiger partial charge on any atom is -0.486 e. The van der Waals surface area contributed by atoms with Crippen molar-refractivity contribution in [3.63, 3.8) is 0 Å². The Labute approximate surface area is 193 Å². The van der Waals surface area contributed by atoms with E-state index in [1.807, 2.05) is 0 Å². The van der Waals surface area contributed by atoms with Crippen LogP contribution in [0.25, 0.3) is 0 Å². The summed E-state index contributed by atoms with van der Waals surface area (Å²) in [5.41, 5.74) is 5.34. The monoisotopic (exact) mass is 470 g/mol. The third kappa shape index (κ3) is 4.30. The Morgan fingerprint density at radius 1 is 1.25 bits per heavy atom. The number of benzene rings is 2. The van der Waals surface area contributed by atoms with Crippen LogP contribution >= 0.6 is 22.9 Å². The van der Waals surface area contributed by atoms with Crippen LogP contribution < -0.4 is 15.8 Å². The van der Waals surface area contributed by atoms with Crippen molar-refractivity contribution >= 4 is 40.8 Å². The lowest BCUT2D eigenvalue weighted by Gasteiger charge is -2.22. The Morgan fingerprint density at radius 3 is 2.72 bits per heavy atom. The molecule has 8 nitrogen and oxygen atoms in total. The van der Waals surface area contributed by atoms with E-state index < -0.39 is 23.4 Å². The number of nitrogens with two attached hydrogens (primary N) is 1. The number of ether oxygens (including phenoxy) is 1. The number of nitrogens with one attached hydrogen (secondary N) is 1. The zero-order valence-electron chi connectivity index (χ0n) is 17.0. The van der Waals surface area contributed by atoms with Gasteiger partial charge in [0, 0.05) is 16.0 Å². The highest BCUT2D eigenvalue weighted by atomic mass is 35.5. The summed E-state index contributed by atoms with van der Waals surface area (Å²) in [6.07, 6.45) is 0. The van der Waals surface area contributed by atoms with Crippen LogP contribution in [0.2, 0.25) is 5.02 Å². The molecule has 32 heavy (non-hydrogen) atoms. The number of carbonyl (C=O) groups is 3. The molecule has 0 spiro atoms. The fourth-order valence-corrected chi connectivity index (χ4v) is 4.17. The van der Waals surface area contributed by atoms with Crippen LogP contribution in [0.15, 0.2) is 53.9 Å². The van der Waals surface area contributed by atoms with Crippen LogP contribution in [0.5, 0.6) is 5.75 Å². The van der Waals surface area contributed by atoms with E-state index in [1.54, 1.807) is 54.8 Å². The molecule has 10 heteroatoms. The maximum Gasteiger partial charge on any atom is 0.325 e. The molecule has 1 atom stereocenters. The van der Waals surface area contributed by atoms with Crippen molar-refractivity contribution in [2.45, 2.75) is 25.6 Å². The molecule has 2 aromatic carbocycles. The van der Waals surface area contributed by atoms with Crippen molar-refractivity contribution in [2.24, 2.45) is 5.73 Å². The summed E-state index contributed by atoms with van der Waals surface area (Å²) in [6, 6.07) is 12.8. The molecule has 4 amide bonds. The number of amides is 4. The van der Waals surface area contributed by atoms with E-state index in [1.165, 1.54) is 17.4 Å². The average Bonchev–Trinajstić information content (AvgIpc) is 3.32. The molecule has 3 aromatic rings. The first-order valence-corrected chi connectivity index (χ1v) is 10.9. The molecule has 164 valence electrons. The van der Waals surface area contributed by atoms with Crippen molar-refractivity contribution in [3.05, 3.63) is 80.8 Å². The van der Waals surface area contributed by atoms with Crippen molar-refractivity contribution in [2.75, 3.05) is 0 Å². The number of carbonyl (C=O) groups excluding carboxylic acids is 3. The van der Waals surface area contributed by atoms with Crippen molar-refractivity contribution < 1.29 is 19.1 Å². The maximum atomic E-state index is 13.1. The van der Waals surface area contributed by atoms with Gasteiger partial charge in [-0.1, -0.05) is 23.7 Å². The highest BCUT2D eigenvalue weighted by molar-refractivity contribution is 7.09. The number of aromatic nitrogens is 1. The molecular weight excluding hydrogens is 452 g/mol. The van der Waals surface area contributed by atoms with Gasteiger partial charge in [0.25, 0.3) is 5.91 Å². The first-order chi connectivity index (χ1) is 15.3. The number of imide groups is 1. The van der Waals surface area contributed by atoms with Crippen LogP contribution in [-0.4, -0.2) is 27.7 Å². The van der Waals surface area contributed by atoms with E-state index in [-0.39, 0.29) is 18.7 Å². The van der Waals surface area contributed by atoms with Gasteiger partial charge in [-0.05, 0) is 48.9 Å². The maximum absolute atomic E-state index is 13.1. The quantitative estimate of drug-likeness (QED) is 0.513. The topological polar surface area (TPSA) is 115 Å². The molecule has 2 heterocycles. The fraction of sp³-hybridized carbons (Fsp3) is 0.182. The van der Waals surface area contributed by atoms with Gasteiger partial charge in [0.2, 0.25) is 5.91 Å². The summed E-state index contributed by atoms with van der Waals surface area (Å²) >= 11 is 7.24. The fourth-order valence-electron chi connectivity index (χ4n) is 3.35. The second kappa shape index (κ2) is 8.60. The molecule has 0 saturated carbocycles. The number of hydrogen-bond donors (Lipinski definition) is 2. The largest absolute Gasteiger partial charge is 0.486 e. The molecule has 4 rings (SSSR count). The van der Waals surface area contributed by atoms with Gasteiger partial charge in [-0.25, -0.2) is 9.78 Å². The first-order valence-electron chi connectivity index (χ1n) is 9.62. The van der Waals surface area contributed by atoms with E-state index in [2.05, 4.69) is 10.3 Å². The minimum atomic E-state index is -1.31. The number of nitrogens with zero attached hydrogens (tertiary/aromatic N) is 2. The van der Waals surface area contributed by atoms with Crippen molar-refractivity contribution in [1.29, 1.82) is 0 Å². The SMILES string of the molecule is CC1(c2cccc(C(N)=O)c2)NC(=O)N(Cc2csc(COc3ccc(Cl)cc3)n2)C1=O. The van der Waals surface area contributed by atoms with Gasteiger partial charge in [-0.3, -0.25) is 14.5 Å².